The van der Waals surface area contributed by atoms with E-state index in [0.717, 1.165) is 0 Å². The predicted octanol–water partition coefficient (Wildman–Crippen LogP) is 15.4. The molecule has 0 aromatic heterocycles. The first-order chi connectivity index (χ1) is 25.8. The van der Waals surface area contributed by atoms with Crippen molar-refractivity contribution in [1.29, 1.82) is 0 Å². The fourth-order valence-electron chi connectivity index (χ4n) is 9.00. The van der Waals surface area contributed by atoms with Gasteiger partial charge in [-0.25, -0.2) is 0 Å². The molecule has 1 saturated carbocycles. The molecule has 274 valence electrons. The van der Waals surface area contributed by atoms with Gasteiger partial charge in [0.25, 0.3) is 0 Å². The van der Waals surface area contributed by atoms with Crippen molar-refractivity contribution in [3.05, 3.63) is 161 Å². The summed E-state index contributed by atoms with van der Waals surface area (Å²) in [4.78, 5) is 2.50. The Morgan fingerprint density at radius 2 is 1.02 bits per heavy atom. The Morgan fingerprint density at radius 3 is 1.70 bits per heavy atom. The lowest BCUT2D eigenvalue weighted by atomic mass is 9.79. The Bertz CT molecular complexity index is 2290. The second-order valence-corrected chi connectivity index (χ2v) is 18.6. The van der Waals surface area contributed by atoms with Gasteiger partial charge in [0, 0.05) is 22.5 Å². The Morgan fingerprint density at radius 1 is 0.463 bits per heavy atom. The van der Waals surface area contributed by atoms with Gasteiger partial charge in [0.2, 0.25) is 0 Å². The standard InChI is InChI=1S/C53H57N/c1-51(2,3)42-30-41(31-43(34-42)52(4,5)6)38-20-14-19-37(29-38)40-22-16-24-45(33-40)54(44-23-15-21-39(32-44)36-17-10-9-11-18-36)46-27-28-48-47-25-12-13-26-49(47)53(7,8)50(48)35-46/h12-16,19-36H,9-11,17-18H2,1-8H3. The van der Waals surface area contributed by atoms with Crippen LogP contribution in [0.3, 0.4) is 0 Å². The first-order valence-corrected chi connectivity index (χ1v) is 20.3. The lowest BCUT2D eigenvalue weighted by molar-refractivity contribution is 0.443. The molecule has 1 fully saturated rings. The van der Waals surface area contributed by atoms with E-state index in [2.05, 4.69) is 194 Å². The molecule has 0 aliphatic heterocycles. The maximum Gasteiger partial charge on any atom is 0.0467 e. The molecule has 0 spiro atoms. The molecule has 0 heterocycles. The van der Waals surface area contributed by atoms with Crippen LogP contribution in [0.5, 0.6) is 0 Å². The smallest absolute Gasteiger partial charge is 0.0467 e. The third kappa shape index (κ3) is 6.83. The number of benzene rings is 6. The molecular formula is C53H57N. The van der Waals surface area contributed by atoms with Crippen LogP contribution in [0.2, 0.25) is 0 Å². The third-order valence-corrected chi connectivity index (χ3v) is 12.3. The zero-order valence-corrected chi connectivity index (χ0v) is 33.8. The van der Waals surface area contributed by atoms with Crippen LogP contribution in [0.15, 0.2) is 133 Å². The molecule has 6 aromatic carbocycles. The largest absolute Gasteiger partial charge is 0.310 e. The molecule has 0 atom stereocenters. The maximum absolute atomic E-state index is 2.50. The fraction of sp³-hybridized carbons (Fsp3) is 0.321. The van der Waals surface area contributed by atoms with Crippen LogP contribution in [0.25, 0.3) is 33.4 Å². The molecule has 0 radical (unpaired) electrons. The van der Waals surface area contributed by atoms with E-state index in [1.807, 2.05) is 0 Å². The van der Waals surface area contributed by atoms with E-state index in [-0.39, 0.29) is 16.2 Å². The summed E-state index contributed by atoms with van der Waals surface area (Å²) < 4.78 is 0. The van der Waals surface area contributed by atoms with E-state index in [1.54, 1.807) is 0 Å². The zero-order valence-electron chi connectivity index (χ0n) is 33.8. The molecule has 6 aromatic rings. The first-order valence-electron chi connectivity index (χ1n) is 20.3. The summed E-state index contributed by atoms with van der Waals surface area (Å²) in [5.41, 5.74) is 18.4. The lowest BCUT2D eigenvalue weighted by Crippen LogP contribution is -2.16. The minimum absolute atomic E-state index is 0.0647. The molecule has 0 amide bonds. The lowest BCUT2D eigenvalue weighted by Gasteiger charge is -2.30. The minimum atomic E-state index is -0.0724. The van der Waals surface area contributed by atoms with E-state index in [9.17, 15) is 0 Å². The second kappa shape index (κ2) is 13.8. The van der Waals surface area contributed by atoms with Gasteiger partial charge in [0.15, 0.2) is 0 Å². The quantitative estimate of drug-likeness (QED) is 0.167. The average Bonchev–Trinajstić information content (AvgIpc) is 3.40. The van der Waals surface area contributed by atoms with Crippen molar-refractivity contribution in [3.8, 4) is 33.4 Å². The van der Waals surface area contributed by atoms with Gasteiger partial charge in [-0.15, -0.1) is 0 Å². The maximum atomic E-state index is 2.50. The number of hydrogen-bond donors (Lipinski definition) is 0. The van der Waals surface area contributed by atoms with Crippen molar-refractivity contribution in [2.45, 2.75) is 110 Å². The second-order valence-electron chi connectivity index (χ2n) is 18.6. The number of nitrogens with zero attached hydrogens (tertiary/aromatic N) is 1. The SMILES string of the molecule is CC(C)(C)c1cc(-c2cccc(-c3cccc(N(c4cccc(C5CCCCC5)c4)c4ccc5c(c4)C(C)(C)c4ccccc4-5)c3)c2)cc(C(C)(C)C)c1. The molecule has 0 N–H and O–H groups in total. The molecular weight excluding hydrogens is 651 g/mol. The van der Waals surface area contributed by atoms with E-state index >= 15 is 0 Å². The van der Waals surface area contributed by atoms with Gasteiger partial charge in [-0.1, -0.05) is 166 Å². The van der Waals surface area contributed by atoms with Crippen LogP contribution in [-0.2, 0) is 16.2 Å². The van der Waals surface area contributed by atoms with E-state index < -0.39 is 0 Å². The van der Waals surface area contributed by atoms with E-state index in [1.165, 1.54) is 110 Å². The van der Waals surface area contributed by atoms with Crippen molar-refractivity contribution < 1.29 is 0 Å². The Kier molecular flexibility index (Phi) is 9.20. The van der Waals surface area contributed by atoms with Gasteiger partial charge in [0.1, 0.15) is 0 Å². The van der Waals surface area contributed by atoms with E-state index in [4.69, 9.17) is 0 Å². The van der Waals surface area contributed by atoms with Crippen molar-refractivity contribution in [2.75, 3.05) is 4.90 Å². The van der Waals surface area contributed by atoms with Crippen molar-refractivity contribution in [3.63, 3.8) is 0 Å². The molecule has 0 saturated heterocycles. The Hall–Kier alpha value is -4.88. The highest BCUT2D eigenvalue weighted by molar-refractivity contribution is 5.87. The van der Waals surface area contributed by atoms with Crippen LogP contribution >= 0.6 is 0 Å². The van der Waals surface area contributed by atoms with Gasteiger partial charge in [0.05, 0.1) is 0 Å². The Labute approximate surface area is 325 Å². The molecule has 1 heteroatoms. The number of fused-ring (bicyclic) bond motifs is 3. The average molecular weight is 708 g/mol. The number of rotatable bonds is 6. The van der Waals surface area contributed by atoms with Crippen LogP contribution in [0.1, 0.15) is 121 Å². The predicted molar refractivity (Wildman–Crippen MR) is 233 cm³/mol. The summed E-state index contributed by atoms with van der Waals surface area (Å²) in [6.45, 7) is 18.7. The summed E-state index contributed by atoms with van der Waals surface area (Å²) in [6, 6.07) is 51.1. The molecule has 0 unspecified atom stereocenters. The summed E-state index contributed by atoms with van der Waals surface area (Å²) >= 11 is 0. The summed E-state index contributed by atoms with van der Waals surface area (Å²) in [5, 5.41) is 0. The summed E-state index contributed by atoms with van der Waals surface area (Å²) in [7, 11) is 0. The highest BCUT2D eigenvalue weighted by Crippen LogP contribution is 2.51. The van der Waals surface area contributed by atoms with Crippen LogP contribution in [0, 0.1) is 0 Å². The van der Waals surface area contributed by atoms with Gasteiger partial charge in [-0.05, 0) is 133 Å². The van der Waals surface area contributed by atoms with Gasteiger partial charge in [-0.2, -0.15) is 0 Å². The van der Waals surface area contributed by atoms with Crippen LogP contribution in [0.4, 0.5) is 17.1 Å². The summed E-state index contributed by atoms with van der Waals surface area (Å²) in [5.74, 6) is 0.638. The van der Waals surface area contributed by atoms with Crippen molar-refractivity contribution >= 4 is 17.1 Å². The van der Waals surface area contributed by atoms with Gasteiger partial charge < -0.3 is 4.90 Å². The Balaban J connectivity index is 1.24. The van der Waals surface area contributed by atoms with Crippen molar-refractivity contribution in [2.24, 2.45) is 0 Å². The monoisotopic (exact) mass is 707 g/mol. The minimum Gasteiger partial charge on any atom is -0.310 e. The van der Waals surface area contributed by atoms with Crippen LogP contribution in [-0.4, -0.2) is 0 Å². The molecule has 8 rings (SSSR count). The normalized spacial score (nSPS) is 15.5. The van der Waals surface area contributed by atoms with E-state index in [0.29, 0.717) is 5.92 Å². The molecule has 0 bridgehead atoms. The highest BCUT2D eigenvalue weighted by Gasteiger charge is 2.36. The van der Waals surface area contributed by atoms with Gasteiger partial charge in [-0.3, -0.25) is 0 Å². The van der Waals surface area contributed by atoms with Gasteiger partial charge >= 0.3 is 0 Å². The number of hydrogen-bond acceptors (Lipinski definition) is 1. The molecule has 1 nitrogen and oxygen atoms in total. The van der Waals surface area contributed by atoms with Crippen molar-refractivity contribution in [1.82, 2.24) is 0 Å². The highest BCUT2D eigenvalue weighted by atomic mass is 15.1. The zero-order chi connectivity index (χ0) is 37.8. The van der Waals surface area contributed by atoms with Crippen LogP contribution < -0.4 is 4.90 Å². The first kappa shape index (κ1) is 36.1. The molecule has 54 heavy (non-hydrogen) atoms. The number of anilines is 3. The topological polar surface area (TPSA) is 3.24 Å². The fourth-order valence-corrected chi connectivity index (χ4v) is 9.00. The molecule has 2 aliphatic rings. The molecule has 2 aliphatic carbocycles. The third-order valence-electron chi connectivity index (χ3n) is 12.3. The summed E-state index contributed by atoms with van der Waals surface area (Å²) in [6.07, 6.45) is 6.60.